The predicted octanol–water partition coefficient (Wildman–Crippen LogP) is 2.39. The van der Waals surface area contributed by atoms with E-state index in [1.54, 1.807) is 0 Å². The molecular weight excluding hydrogens is 268 g/mol. The van der Waals surface area contributed by atoms with Gasteiger partial charge in [-0.2, -0.15) is 0 Å². The summed E-state index contributed by atoms with van der Waals surface area (Å²) in [7, 11) is 0. The molecule has 106 valence electrons. The number of ether oxygens (including phenoxy) is 1. The normalized spacial score (nSPS) is 17.9. The Hall–Kier alpha value is -1.33. The highest BCUT2D eigenvalue weighted by molar-refractivity contribution is 5.85. The van der Waals surface area contributed by atoms with Crippen LogP contribution in [0, 0.1) is 13.8 Å². The smallest absolute Gasteiger partial charge is 0.407 e. The zero-order chi connectivity index (χ0) is 13.1. The number of carboxylic acid groups (broad SMARTS) is 1. The third-order valence-corrected chi connectivity index (χ3v) is 3.09. The van der Waals surface area contributed by atoms with Gasteiger partial charge in [0.05, 0.1) is 12.6 Å². The molecule has 2 rings (SSSR count). The molecule has 1 atom stereocenters. The van der Waals surface area contributed by atoms with Crippen LogP contribution < -0.4 is 0 Å². The number of rotatable bonds is 3. The van der Waals surface area contributed by atoms with Crippen molar-refractivity contribution in [1.82, 2.24) is 9.88 Å². The summed E-state index contributed by atoms with van der Waals surface area (Å²) >= 11 is 0. The van der Waals surface area contributed by atoms with Crippen molar-refractivity contribution in [2.45, 2.75) is 32.9 Å². The van der Waals surface area contributed by atoms with Crippen LogP contribution in [0.2, 0.25) is 0 Å². The first-order valence-electron chi connectivity index (χ1n) is 6.08. The van der Waals surface area contributed by atoms with Crippen molar-refractivity contribution in [3.8, 4) is 0 Å². The number of aryl methyl sites for hydroxylation is 2. The molecule has 1 amide bonds. The zero-order valence-corrected chi connectivity index (χ0v) is 11.9. The summed E-state index contributed by atoms with van der Waals surface area (Å²) in [5, 5.41) is 9.29. The fraction of sp³-hybridized carbons (Fsp3) is 0.538. The van der Waals surface area contributed by atoms with E-state index in [1.807, 2.05) is 26.0 Å². The molecular formula is C13H19ClN2O3. The topological polar surface area (TPSA) is 62.7 Å². The molecule has 0 saturated carbocycles. The Morgan fingerprint density at radius 2 is 2.11 bits per heavy atom. The van der Waals surface area contributed by atoms with Gasteiger partial charge in [0, 0.05) is 24.5 Å². The third-order valence-electron chi connectivity index (χ3n) is 3.09. The summed E-state index contributed by atoms with van der Waals surface area (Å²) in [6, 6.07) is 3.83. The van der Waals surface area contributed by atoms with Crippen LogP contribution in [0.25, 0.3) is 0 Å². The van der Waals surface area contributed by atoms with Gasteiger partial charge in [0.1, 0.15) is 0 Å². The molecule has 2 heterocycles. The lowest BCUT2D eigenvalue weighted by Gasteiger charge is -2.25. The van der Waals surface area contributed by atoms with Gasteiger partial charge in [-0.1, -0.05) is 0 Å². The SMILES string of the molecule is Cc1cc(CN(C(=O)O)[C@@H]2CCOC2)cc(C)n1.Cl. The van der Waals surface area contributed by atoms with Gasteiger partial charge in [-0.25, -0.2) is 4.79 Å². The molecule has 1 aromatic heterocycles. The van der Waals surface area contributed by atoms with Gasteiger partial charge >= 0.3 is 6.09 Å². The van der Waals surface area contributed by atoms with Crippen LogP contribution in [-0.2, 0) is 11.3 Å². The fourth-order valence-electron chi connectivity index (χ4n) is 2.33. The number of nitrogens with zero attached hydrogens (tertiary/aromatic N) is 2. The molecule has 1 saturated heterocycles. The molecule has 1 aliphatic heterocycles. The van der Waals surface area contributed by atoms with Crippen molar-refractivity contribution in [3.63, 3.8) is 0 Å². The number of pyridine rings is 1. The summed E-state index contributed by atoms with van der Waals surface area (Å²) in [4.78, 5) is 17.1. The van der Waals surface area contributed by atoms with Gasteiger partial charge in [0.15, 0.2) is 0 Å². The van der Waals surface area contributed by atoms with Crippen LogP contribution in [0.5, 0.6) is 0 Å². The van der Waals surface area contributed by atoms with Crippen molar-refractivity contribution in [3.05, 3.63) is 29.1 Å². The van der Waals surface area contributed by atoms with Gasteiger partial charge in [-0.15, -0.1) is 12.4 Å². The third kappa shape index (κ3) is 4.08. The first-order chi connectivity index (χ1) is 8.56. The fourth-order valence-corrected chi connectivity index (χ4v) is 2.33. The van der Waals surface area contributed by atoms with Gasteiger partial charge in [-0.3, -0.25) is 9.88 Å². The van der Waals surface area contributed by atoms with Crippen LogP contribution in [0.3, 0.4) is 0 Å². The van der Waals surface area contributed by atoms with Gasteiger partial charge in [-0.05, 0) is 38.0 Å². The molecule has 1 N–H and O–H groups in total. The average molecular weight is 287 g/mol. The molecule has 6 heteroatoms. The quantitative estimate of drug-likeness (QED) is 0.927. The van der Waals surface area contributed by atoms with Crippen LogP contribution in [0.1, 0.15) is 23.4 Å². The Kier molecular flexibility index (Phi) is 5.57. The molecule has 1 aromatic rings. The largest absolute Gasteiger partial charge is 0.465 e. The molecule has 0 unspecified atom stereocenters. The van der Waals surface area contributed by atoms with Crippen molar-refractivity contribution in [2.24, 2.45) is 0 Å². The molecule has 0 radical (unpaired) electrons. The molecule has 19 heavy (non-hydrogen) atoms. The van der Waals surface area contributed by atoms with E-state index in [0.717, 1.165) is 23.4 Å². The van der Waals surface area contributed by atoms with E-state index >= 15 is 0 Å². The first kappa shape index (κ1) is 15.7. The Morgan fingerprint density at radius 1 is 1.47 bits per heavy atom. The summed E-state index contributed by atoms with van der Waals surface area (Å²) in [6.45, 7) is 5.37. The van der Waals surface area contributed by atoms with E-state index in [1.165, 1.54) is 4.90 Å². The van der Waals surface area contributed by atoms with Crippen LogP contribution in [0.15, 0.2) is 12.1 Å². The highest BCUT2D eigenvalue weighted by Gasteiger charge is 2.27. The number of hydrogen-bond donors (Lipinski definition) is 1. The Bertz CT molecular complexity index is 427. The Labute approximate surface area is 119 Å². The highest BCUT2D eigenvalue weighted by atomic mass is 35.5. The van der Waals surface area contributed by atoms with Crippen molar-refractivity contribution >= 4 is 18.5 Å². The Balaban J connectivity index is 0.00000180. The van der Waals surface area contributed by atoms with E-state index < -0.39 is 6.09 Å². The van der Waals surface area contributed by atoms with E-state index in [9.17, 15) is 9.90 Å². The van der Waals surface area contributed by atoms with Crippen molar-refractivity contribution in [1.29, 1.82) is 0 Å². The molecule has 5 nitrogen and oxygen atoms in total. The minimum Gasteiger partial charge on any atom is -0.465 e. The molecule has 0 bridgehead atoms. The highest BCUT2D eigenvalue weighted by Crippen LogP contribution is 2.17. The molecule has 0 aromatic carbocycles. The van der Waals surface area contributed by atoms with Crippen LogP contribution in [0.4, 0.5) is 4.79 Å². The second kappa shape index (κ2) is 6.73. The predicted molar refractivity (Wildman–Crippen MR) is 73.8 cm³/mol. The average Bonchev–Trinajstić information content (AvgIpc) is 2.77. The molecule has 1 aliphatic rings. The summed E-state index contributed by atoms with van der Waals surface area (Å²) in [5.41, 5.74) is 2.81. The van der Waals surface area contributed by atoms with E-state index in [2.05, 4.69) is 4.98 Å². The maximum Gasteiger partial charge on any atom is 0.407 e. The molecule has 1 fully saturated rings. The summed E-state index contributed by atoms with van der Waals surface area (Å²) in [5.74, 6) is 0. The number of aromatic nitrogens is 1. The lowest BCUT2D eigenvalue weighted by atomic mass is 10.1. The number of halogens is 1. The monoisotopic (exact) mass is 286 g/mol. The van der Waals surface area contributed by atoms with E-state index in [0.29, 0.717) is 19.8 Å². The molecule has 0 spiro atoms. The molecule has 0 aliphatic carbocycles. The van der Waals surface area contributed by atoms with Crippen molar-refractivity contribution in [2.75, 3.05) is 13.2 Å². The second-order valence-corrected chi connectivity index (χ2v) is 4.69. The standard InChI is InChI=1S/C13H18N2O3.ClH/c1-9-5-11(6-10(2)14-9)7-15(13(16)17)12-3-4-18-8-12;/h5-6,12H,3-4,7-8H2,1-2H3,(H,16,17);1H/t12-;/m1./s1. The minimum atomic E-state index is -0.891. The first-order valence-corrected chi connectivity index (χ1v) is 6.08. The number of amides is 1. The maximum absolute atomic E-state index is 11.3. The van der Waals surface area contributed by atoms with E-state index in [4.69, 9.17) is 4.74 Å². The van der Waals surface area contributed by atoms with Gasteiger partial charge in [0.25, 0.3) is 0 Å². The van der Waals surface area contributed by atoms with Crippen LogP contribution in [-0.4, -0.2) is 40.3 Å². The lowest BCUT2D eigenvalue weighted by Crippen LogP contribution is -2.39. The number of carbonyl (C=O) groups is 1. The second-order valence-electron chi connectivity index (χ2n) is 4.69. The van der Waals surface area contributed by atoms with Crippen molar-refractivity contribution < 1.29 is 14.6 Å². The lowest BCUT2D eigenvalue weighted by molar-refractivity contribution is 0.108. The van der Waals surface area contributed by atoms with Gasteiger partial charge in [0.2, 0.25) is 0 Å². The summed E-state index contributed by atoms with van der Waals surface area (Å²) < 4.78 is 5.26. The van der Waals surface area contributed by atoms with Gasteiger partial charge < -0.3 is 9.84 Å². The maximum atomic E-state index is 11.3. The zero-order valence-electron chi connectivity index (χ0n) is 11.1. The number of hydrogen-bond acceptors (Lipinski definition) is 3. The summed E-state index contributed by atoms with van der Waals surface area (Å²) in [6.07, 6.45) is -0.118. The van der Waals surface area contributed by atoms with Crippen LogP contribution >= 0.6 is 12.4 Å². The Morgan fingerprint density at radius 3 is 2.58 bits per heavy atom. The van der Waals surface area contributed by atoms with E-state index in [-0.39, 0.29) is 18.4 Å². The minimum absolute atomic E-state index is 0.